The van der Waals surface area contributed by atoms with Crippen LogP contribution in [0.4, 0.5) is 11.4 Å². The van der Waals surface area contributed by atoms with Gasteiger partial charge in [-0.1, -0.05) is 77.9 Å². The van der Waals surface area contributed by atoms with E-state index in [0.29, 0.717) is 12.8 Å². The van der Waals surface area contributed by atoms with Gasteiger partial charge < -0.3 is 9.80 Å². The molecule has 4 nitrogen and oxygen atoms in total. The zero-order valence-electron chi connectivity index (χ0n) is 23.7. The topological polar surface area (TPSA) is 40.6 Å². The van der Waals surface area contributed by atoms with Crippen molar-refractivity contribution >= 4 is 23.2 Å². The van der Waals surface area contributed by atoms with Crippen molar-refractivity contribution in [2.24, 2.45) is 0 Å². The first-order chi connectivity index (χ1) is 17.9. The number of carbonyl (C=O) groups is 2. The Morgan fingerprint density at radius 3 is 1.39 bits per heavy atom. The van der Waals surface area contributed by atoms with Gasteiger partial charge >= 0.3 is 0 Å². The predicted molar refractivity (Wildman–Crippen MR) is 158 cm³/mol. The third kappa shape index (κ3) is 5.27. The summed E-state index contributed by atoms with van der Waals surface area (Å²) in [7, 11) is 0. The smallest absolute Gasteiger partial charge is 0.227 e. The lowest BCUT2D eigenvalue weighted by Crippen LogP contribution is -2.26. The molecule has 0 aliphatic carbocycles. The van der Waals surface area contributed by atoms with Crippen LogP contribution >= 0.6 is 0 Å². The van der Waals surface area contributed by atoms with Crippen molar-refractivity contribution in [1.29, 1.82) is 0 Å². The molecule has 0 unspecified atom stereocenters. The van der Waals surface area contributed by atoms with E-state index >= 15 is 0 Å². The third-order valence-corrected chi connectivity index (χ3v) is 7.87. The SMILES string of the molecule is CC(C)(C)c1cc(-c2cccc(-c3cc(N4CCCC4=O)cc(N4CCCC4=O)c3)c2)cc(C(C)(C)C)c1. The van der Waals surface area contributed by atoms with Crippen LogP contribution < -0.4 is 9.80 Å². The predicted octanol–water partition coefficient (Wildman–Crippen LogP) is 7.87. The molecule has 0 aromatic heterocycles. The van der Waals surface area contributed by atoms with E-state index in [1.165, 1.54) is 22.3 Å². The molecule has 3 aromatic rings. The largest absolute Gasteiger partial charge is 0.312 e. The zero-order valence-corrected chi connectivity index (χ0v) is 23.7. The van der Waals surface area contributed by atoms with Crippen molar-refractivity contribution in [2.45, 2.75) is 78.1 Å². The Kier molecular flexibility index (Phi) is 6.71. The van der Waals surface area contributed by atoms with E-state index in [-0.39, 0.29) is 22.6 Å². The highest BCUT2D eigenvalue weighted by atomic mass is 16.2. The summed E-state index contributed by atoms with van der Waals surface area (Å²) in [6.45, 7) is 15.0. The molecule has 2 amide bonds. The summed E-state index contributed by atoms with van der Waals surface area (Å²) in [4.78, 5) is 29.0. The van der Waals surface area contributed by atoms with E-state index in [4.69, 9.17) is 0 Å². The van der Waals surface area contributed by atoms with Gasteiger partial charge in [-0.15, -0.1) is 0 Å². The average molecular weight is 509 g/mol. The molecule has 0 spiro atoms. The highest BCUT2D eigenvalue weighted by Gasteiger charge is 2.27. The van der Waals surface area contributed by atoms with Crippen molar-refractivity contribution < 1.29 is 9.59 Å². The molecule has 198 valence electrons. The minimum Gasteiger partial charge on any atom is -0.312 e. The Morgan fingerprint density at radius 1 is 0.553 bits per heavy atom. The van der Waals surface area contributed by atoms with Gasteiger partial charge in [-0.2, -0.15) is 0 Å². The lowest BCUT2D eigenvalue weighted by Gasteiger charge is -2.26. The number of hydrogen-bond donors (Lipinski definition) is 0. The van der Waals surface area contributed by atoms with Gasteiger partial charge in [-0.25, -0.2) is 0 Å². The van der Waals surface area contributed by atoms with E-state index in [9.17, 15) is 9.59 Å². The molecule has 2 aliphatic heterocycles. The van der Waals surface area contributed by atoms with Gasteiger partial charge in [0.25, 0.3) is 0 Å². The third-order valence-electron chi connectivity index (χ3n) is 7.87. The van der Waals surface area contributed by atoms with Crippen LogP contribution in [0.5, 0.6) is 0 Å². The van der Waals surface area contributed by atoms with Crippen LogP contribution in [0.2, 0.25) is 0 Å². The Morgan fingerprint density at radius 2 is 1.00 bits per heavy atom. The first-order valence-corrected chi connectivity index (χ1v) is 13.9. The summed E-state index contributed by atoms with van der Waals surface area (Å²) >= 11 is 0. The minimum atomic E-state index is 0.0430. The van der Waals surface area contributed by atoms with Crippen molar-refractivity contribution in [3.63, 3.8) is 0 Å². The number of amides is 2. The molecule has 2 saturated heterocycles. The molecule has 0 N–H and O–H groups in total. The minimum absolute atomic E-state index is 0.0430. The van der Waals surface area contributed by atoms with Crippen LogP contribution in [0.25, 0.3) is 22.3 Å². The van der Waals surface area contributed by atoms with Crippen LogP contribution in [-0.2, 0) is 20.4 Å². The fourth-order valence-corrected chi connectivity index (χ4v) is 5.45. The van der Waals surface area contributed by atoms with Crippen molar-refractivity contribution in [3.8, 4) is 22.3 Å². The molecule has 0 radical (unpaired) electrons. The zero-order chi connectivity index (χ0) is 27.2. The van der Waals surface area contributed by atoms with Crippen molar-refractivity contribution in [2.75, 3.05) is 22.9 Å². The Hall–Kier alpha value is -3.40. The molecular formula is C34H40N2O2. The quantitative estimate of drug-likeness (QED) is 0.360. The summed E-state index contributed by atoms with van der Waals surface area (Å²) in [6.07, 6.45) is 2.91. The van der Waals surface area contributed by atoms with Crippen LogP contribution in [0, 0.1) is 0 Å². The monoisotopic (exact) mass is 508 g/mol. The Balaban J connectivity index is 1.62. The van der Waals surface area contributed by atoms with Gasteiger partial charge in [-0.05, 0) is 81.3 Å². The summed E-state index contributed by atoms with van der Waals surface area (Å²) in [5, 5.41) is 0. The molecular weight excluding hydrogens is 468 g/mol. The van der Waals surface area contributed by atoms with Crippen LogP contribution in [0.1, 0.15) is 78.4 Å². The average Bonchev–Trinajstić information content (AvgIpc) is 3.50. The molecule has 2 fully saturated rings. The van der Waals surface area contributed by atoms with Crippen LogP contribution in [-0.4, -0.2) is 24.9 Å². The highest BCUT2D eigenvalue weighted by molar-refractivity contribution is 6.00. The second kappa shape index (κ2) is 9.72. The standard InChI is InChI=1S/C34H40N2O2/c1-33(2,3)27-17-25(18-28(21-27)34(4,5)6)23-10-7-11-24(16-23)26-19-29(35-14-8-12-31(35)37)22-30(20-26)36-15-9-13-32(36)38/h7,10-11,16-22H,8-9,12-15H2,1-6H3. The van der Waals surface area contributed by atoms with Crippen molar-refractivity contribution in [1.82, 2.24) is 0 Å². The van der Waals surface area contributed by atoms with Gasteiger partial charge in [0.15, 0.2) is 0 Å². The molecule has 38 heavy (non-hydrogen) atoms. The number of anilines is 2. The van der Waals surface area contributed by atoms with E-state index in [1.54, 1.807) is 0 Å². The molecule has 0 bridgehead atoms. The molecule has 3 aromatic carbocycles. The second-order valence-corrected chi connectivity index (χ2v) is 12.9. The molecule has 2 aliphatic rings. The summed E-state index contributed by atoms with van der Waals surface area (Å²) in [5.41, 5.74) is 9.01. The molecule has 0 atom stereocenters. The Labute approximate surface area is 227 Å². The van der Waals surface area contributed by atoms with Gasteiger partial charge in [0.2, 0.25) is 11.8 Å². The summed E-state index contributed by atoms with van der Waals surface area (Å²) in [6, 6.07) is 21.9. The molecule has 2 heterocycles. The van der Waals surface area contributed by atoms with Gasteiger partial charge in [0.1, 0.15) is 0 Å². The maximum atomic E-state index is 12.6. The second-order valence-electron chi connectivity index (χ2n) is 12.9. The lowest BCUT2D eigenvalue weighted by atomic mass is 9.79. The van der Waals surface area contributed by atoms with E-state index in [1.807, 2.05) is 15.9 Å². The molecule has 4 heteroatoms. The van der Waals surface area contributed by atoms with Gasteiger partial charge in [-0.3, -0.25) is 9.59 Å². The summed E-state index contributed by atoms with van der Waals surface area (Å²) in [5.74, 6) is 0.312. The lowest BCUT2D eigenvalue weighted by molar-refractivity contribution is -0.117. The first-order valence-electron chi connectivity index (χ1n) is 13.9. The van der Waals surface area contributed by atoms with E-state index in [2.05, 4.69) is 96.1 Å². The number of carbonyl (C=O) groups excluding carboxylic acids is 2. The number of benzene rings is 3. The number of hydrogen-bond acceptors (Lipinski definition) is 2. The van der Waals surface area contributed by atoms with E-state index < -0.39 is 0 Å². The normalized spacial score (nSPS) is 16.6. The number of nitrogens with zero attached hydrogens (tertiary/aromatic N) is 2. The van der Waals surface area contributed by atoms with Gasteiger partial charge in [0, 0.05) is 37.3 Å². The fraction of sp³-hybridized carbons (Fsp3) is 0.412. The first kappa shape index (κ1) is 26.2. The maximum Gasteiger partial charge on any atom is 0.227 e. The van der Waals surface area contributed by atoms with E-state index in [0.717, 1.165) is 48.4 Å². The Bertz CT molecular complexity index is 1310. The molecule has 0 saturated carbocycles. The van der Waals surface area contributed by atoms with Crippen LogP contribution in [0.3, 0.4) is 0 Å². The summed E-state index contributed by atoms with van der Waals surface area (Å²) < 4.78 is 0. The molecule has 5 rings (SSSR count). The highest BCUT2D eigenvalue weighted by Crippen LogP contribution is 2.38. The maximum absolute atomic E-state index is 12.6. The number of rotatable bonds is 4. The van der Waals surface area contributed by atoms with Gasteiger partial charge in [0.05, 0.1) is 0 Å². The van der Waals surface area contributed by atoms with Crippen molar-refractivity contribution in [3.05, 3.63) is 71.8 Å². The fourth-order valence-electron chi connectivity index (χ4n) is 5.45. The van der Waals surface area contributed by atoms with Crippen LogP contribution in [0.15, 0.2) is 60.7 Å².